The molecule has 1 aliphatic heterocycles. The number of rotatable bonds is 8. The van der Waals surface area contributed by atoms with Crippen molar-refractivity contribution >= 4 is 21.8 Å². The van der Waals surface area contributed by atoms with Crippen LogP contribution in [-0.2, 0) is 11.2 Å². The number of nitrogens with one attached hydrogen (secondary N) is 1. The van der Waals surface area contributed by atoms with E-state index < -0.39 is 0 Å². The van der Waals surface area contributed by atoms with Crippen LogP contribution in [0.5, 0.6) is 0 Å². The van der Waals surface area contributed by atoms with Crippen LogP contribution in [0.3, 0.4) is 0 Å². The molecule has 0 spiro atoms. The van der Waals surface area contributed by atoms with Crippen molar-refractivity contribution in [3.8, 4) is 12.3 Å². The Hall–Kier alpha value is -1.74. The van der Waals surface area contributed by atoms with Crippen molar-refractivity contribution in [2.24, 2.45) is 10.2 Å². The highest BCUT2D eigenvalue weighted by molar-refractivity contribution is 9.10. The Balaban J connectivity index is 1.63. The molecule has 0 unspecified atom stereocenters. The lowest BCUT2D eigenvalue weighted by atomic mass is 10.0. The van der Waals surface area contributed by atoms with E-state index in [1.54, 1.807) is 12.4 Å². The molecular formula is C15H17BrN4O. The molecule has 110 valence electrons. The average Bonchev–Trinajstić information content (AvgIpc) is 3.23. The molecule has 1 N–H and O–H groups in total. The van der Waals surface area contributed by atoms with Gasteiger partial charge < -0.3 is 5.32 Å². The Morgan fingerprint density at radius 1 is 1.38 bits per heavy atom. The van der Waals surface area contributed by atoms with Gasteiger partial charge in [0.15, 0.2) is 5.66 Å². The summed E-state index contributed by atoms with van der Waals surface area (Å²) in [6.07, 6.45) is 12.0. The van der Waals surface area contributed by atoms with Gasteiger partial charge in [-0.05, 0) is 34.0 Å². The van der Waals surface area contributed by atoms with Gasteiger partial charge in [-0.25, -0.2) is 0 Å². The van der Waals surface area contributed by atoms with Crippen LogP contribution in [0.2, 0.25) is 0 Å². The van der Waals surface area contributed by atoms with Gasteiger partial charge in [-0.2, -0.15) is 10.2 Å². The maximum atomic E-state index is 11.8. The van der Waals surface area contributed by atoms with Gasteiger partial charge in [0, 0.05) is 49.1 Å². The normalized spacial score (nSPS) is 14.5. The van der Waals surface area contributed by atoms with E-state index in [1.807, 2.05) is 6.07 Å². The number of carbonyl (C=O) groups excluding carboxylic acids is 1. The molecule has 0 atom stereocenters. The smallest absolute Gasteiger partial charge is 0.220 e. The Morgan fingerprint density at radius 2 is 2.19 bits per heavy atom. The van der Waals surface area contributed by atoms with Crippen LogP contribution in [-0.4, -0.2) is 23.1 Å². The molecule has 0 saturated heterocycles. The van der Waals surface area contributed by atoms with E-state index in [0.717, 1.165) is 22.9 Å². The maximum absolute atomic E-state index is 11.8. The average molecular weight is 349 g/mol. The number of hydrogen-bond donors (Lipinski definition) is 1. The number of pyridine rings is 1. The summed E-state index contributed by atoms with van der Waals surface area (Å²) in [5.74, 6) is 2.62. The monoisotopic (exact) mass is 348 g/mol. The lowest BCUT2D eigenvalue weighted by Gasteiger charge is -2.09. The number of amides is 1. The van der Waals surface area contributed by atoms with Gasteiger partial charge in [-0.1, -0.05) is 0 Å². The van der Waals surface area contributed by atoms with Gasteiger partial charge in [0.2, 0.25) is 5.91 Å². The lowest BCUT2D eigenvalue weighted by Crippen LogP contribution is -2.28. The van der Waals surface area contributed by atoms with E-state index in [0.29, 0.717) is 25.8 Å². The molecule has 1 amide bonds. The largest absolute Gasteiger partial charge is 0.356 e. The van der Waals surface area contributed by atoms with Crippen LogP contribution in [0.15, 0.2) is 33.2 Å². The van der Waals surface area contributed by atoms with E-state index in [1.165, 1.54) is 0 Å². The third kappa shape index (κ3) is 5.27. The summed E-state index contributed by atoms with van der Waals surface area (Å²) in [5, 5.41) is 11.0. The minimum absolute atomic E-state index is 0.0303. The first-order chi connectivity index (χ1) is 10.1. The first-order valence-electron chi connectivity index (χ1n) is 6.87. The Bertz CT molecular complexity index is 573. The molecule has 1 aromatic rings. The summed E-state index contributed by atoms with van der Waals surface area (Å²) in [6.45, 7) is 0.577. The molecule has 21 heavy (non-hydrogen) atoms. The van der Waals surface area contributed by atoms with Crippen molar-refractivity contribution in [1.29, 1.82) is 0 Å². The molecule has 0 radical (unpaired) electrons. The third-order valence-corrected chi connectivity index (χ3v) is 3.74. The molecule has 2 heterocycles. The molecule has 6 heteroatoms. The molecule has 0 fully saturated rings. The highest BCUT2D eigenvalue weighted by Crippen LogP contribution is 2.35. The van der Waals surface area contributed by atoms with E-state index in [9.17, 15) is 4.79 Å². The number of halogens is 1. The Kier molecular flexibility index (Phi) is 5.45. The molecule has 1 aromatic heterocycles. The standard InChI is InChI=1S/C15H17BrN4O/c1-2-3-6-15(19-20-15)7-8-18-14(21)5-4-12-9-13(16)11-17-10-12/h1,9-11H,3-8H2,(H,18,21). The fourth-order valence-corrected chi connectivity index (χ4v) is 2.42. The van der Waals surface area contributed by atoms with Crippen LogP contribution in [0.25, 0.3) is 0 Å². The number of aromatic nitrogens is 1. The fourth-order valence-electron chi connectivity index (χ4n) is 2.01. The molecule has 5 nitrogen and oxygen atoms in total. The van der Waals surface area contributed by atoms with Crippen molar-refractivity contribution in [2.45, 2.75) is 37.8 Å². The molecule has 0 saturated carbocycles. The van der Waals surface area contributed by atoms with Crippen LogP contribution < -0.4 is 5.32 Å². The summed E-state index contributed by atoms with van der Waals surface area (Å²) in [7, 11) is 0. The zero-order valence-electron chi connectivity index (χ0n) is 11.7. The third-order valence-electron chi connectivity index (χ3n) is 3.30. The van der Waals surface area contributed by atoms with Crippen LogP contribution >= 0.6 is 15.9 Å². The molecule has 0 aliphatic carbocycles. The summed E-state index contributed by atoms with van der Waals surface area (Å²) in [6, 6.07) is 1.97. The number of aryl methyl sites for hydroxylation is 1. The Morgan fingerprint density at radius 3 is 2.86 bits per heavy atom. The van der Waals surface area contributed by atoms with E-state index in [4.69, 9.17) is 6.42 Å². The van der Waals surface area contributed by atoms with Crippen molar-refractivity contribution in [3.05, 3.63) is 28.5 Å². The maximum Gasteiger partial charge on any atom is 0.220 e. The van der Waals surface area contributed by atoms with E-state index >= 15 is 0 Å². The van der Waals surface area contributed by atoms with Gasteiger partial charge in [0.25, 0.3) is 0 Å². The zero-order valence-corrected chi connectivity index (χ0v) is 13.3. The first-order valence-corrected chi connectivity index (χ1v) is 7.66. The highest BCUT2D eigenvalue weighted by Gasteiger charge is 2.38. The second-order valence-corrected chi connectivity index (χ2v) is 5.91. The molecule has 0 bridgehead atoms. The molecule has 1 aliphatic rings. The summed E-state index contributed by atoms with van der Waals surface area (Å²) in [5.41, 5.74) is 0.714. The van der Waals surface area contributed by atoms with E-state index in [2.05, 4.69) is 42.4 Å². The fraction of sp³-hybridized carbons (Fsp3) is 0.467. The van der Waals surface area contributed by atoms with Crippen LogP contribution in [0.1, 0.15) is 31.2 Å². The van der Waals surface area contributed by atoms with Gasteiger partial charge in [-0.3, -0.25) is 9.78 Å². The number of carbonyl (C=O) groups is 1. The van der Waals surface area contributed by atoms with Gasteiger partial charge >= 0.3 is 0 Å². The van der Waals surface area contributed by atoms with Gasteiger partial charge in [0.1, 0.15) is 0 Å². The van der Waals surface area contributed by atoms with Crippen LogP contribution in [0.4, 0.5) is 0 Å². The van der Waals surface area contributed by atoms with Gasteiger partial charge in [-0.15, -0.1) is 12.3 Å². The Labute approximate surface area is 132 Å². The molecular weight excluding hydrogens is 332 g/mol. The minimum Gasteiger partial charge on any atom is -0.356 e. The number of hydrogen-bond acceptors (Lipinski definition) is 4. The minimum atomic E-state index is -0.326. The topological polar surface area (TPSA) is 66.7 Å². The predicted octanol–water partition coefficient (Wildman–Crippen LogP) is 2.86. The SMILES string of the molecule is C#CCCC1(CCNC(=O)CCc2cncc(Br)c2)N=N1. The van der Waals surface area contributed by atoms with Gasteiger partial charge in [0.05, 0.1) is 0 Å². The quantitative estimate of drug-likeness (QED) is 0.734. The lowest BCUT2D eigenvalue weighted by molar-refractivity contribution is -0.121. The summed E-state index contributed by atoms with van der Waals surface area (Å²) in [4.78, 5) is 15.9. The van der Waals surface area contributed by atoms with E-state index in [-0.39, 0.29) is 11.6 Å². The second kappa shape index (κ2) is 7.32. The zero-order chi connectivity index (χ0) is 15.1. The van der Waals surface area contributed by atoms with Crippen molar-refractivity contribution in [2.75, 3.05) is 6.54 Å². The first kappa shape index (κ1) is 15.6. The predicted molar refractivity (Wildman–Crippen MR) is 83.5 cm³/mol. The van der Waals surface area contributed by atoms with Crippen molar-refractivity contribution < 1.29 is 4.79 Å². The molecule has 2 rings (SSSR count). The van der Waals surface area contributed by atoms with Crippen molar-refractivity contribution in [3.63, 3.8) is 0 Å². The van der Waals surface area contributed by atoms with Crippen LogP contribution in [0, 0.1) is 12.3 Å². The second-order valence-electron chi connectivity index (χ2n) is 5.00. The van der Waals surface area contributed by atoms with Crippen molar-refractivity contribution in [1.82, 2.24) is 10.3 Å². The molecule has 0 aromatic carbocycles. The number of nitrogens with zero attached hydrogens (tertiary/aromatic N) is 3. The highest BCUT2D eigenvalue weighted by atomic mass is 79.9. The number of terminal acetylenes is 1. The summed E-state index contributed by atoms with van der Waals surface area (Å²) >= 11 is 3.36. The summed E-state index contributed by atoms with van der Waals surface area (Å²) < 4.78 is 0.924.